The minimum absolute atomic E-state index is 0.835. The Morgan fingerprint density at radius 3 is 2.22 bits per heavy atom. The molecule has 0 N–H and O–H groups in total. The summed E-state index contributed by atoms with van der Waals surface area (Å²) in [5.74, 6) is 0. The maximum atomic E-state index is 4.24. The van der Waals surface area contributed by atoms with Crippen LogP contribution in [0.4, 0.5) is 11.4 Å². The van der Waals surface area contributed by atoms with Crippen LogP contribution in [0, 0.1) is 6.07 Å². The van der Waals surface area contributed by atoms with Crippen LogP contribution in [-0.2, 0) is 0 Å². The van der Waals surface area contributed by atoms with Crippen molar-refractivity contribution in [3.05, 3.63) is 72.8 Å². The Kier molecular flexibility index (Phi) is 2.84. The Morgan fingerprint density at radius 2 is 1.39 bits per heavy atom. The highest BCUT2D eigenvalue weighted by Crippen LogP contribution is 2.22. The van der Waals surface area contributed by atoms with Gasteiger partial charge in [-0.1, -0.05) is 42.5 Å². The summed E-state index contributed by atoms with van der Waals surface area (Å²) >= 11 is 0. The number of azo groups is 1. The first-order chi connectivity index (χ1) is 8.92. The van der Waals surface area contributed by atoms with Crippen LogP contribution < -0.4 is 0 Å². The average molecular weight is 231 g/mol. The molecule has 0 atom stereocenters. The van der Waals surface area contributed by atoms with Gasteiger partial charge in [0, 0.05) is 0 Å². The highest BCUT2D eigenvalue weighted by molar-refractivity contribution is 5.85. The molecule has 1 radical (unpaired) electrons. The fourth-order valence-corrected chi connectivity index (χ4v) is 1.80. The van der Waals surface area contributed by atoms with Crippen molar-refractivity contribution in [3.63, 3.8) is 0 Å². The third-order valence-corrected chi connectivity index (χ3v) is 2.71. The smallest absolute Gasteiger partial charge is 0.0863 e. The van der Waals surface area contributed by atoms with Crippen LogP contribution >= 0.6 is 0 Å². The summed E-state index contributed by atoms with van der Waals surface area (Å²) in [5, 5.41) is 10.8. The zero-order valence-corrected chi connectivity index (χ0v) is 9.75. The number of rotatable bonds is 2. The van der Waals surface area contributed by atoms with Crippen molar-refractivity contribution < 1.29 is 0 Å². The van der Waals surface area contributed by atoms with Gasteiger partial charge in [0.15, 0.2) is 0 Å². The van der Waals surface area contributed by atoms with E-state index in [-0.39, 0.29) is 0 Å². The molecule has 0 aliphatic rings. The van der Waals surface area contributed by atoms with Crippen LogP contribution in [0.2, 0.25) is 0 Å². The minimum Gasteiger partial charge on any atom is -0.151 e. The number of hydrogen-bond donors (Lipinski definition) is 0. The molecule has 3 aromatic rings. The first kappa shape index (κ1) is 10.7. The molecule has 0 fully saturated rings. The van der Waals surface area contributed by atoms with Gasteiger partial charge in [-0.2, -0.15) is 10.2 Å². The number of hydrogen-bond acceptors (Lipinski definition) is 2. The lowest BCUT2D eigenvalue weighted by molar-refractivity contribution is 1.23. The summed E-state index contributed by atoms with van der Waals surface area (Å²) < 4.78 is 0. The Bertz CT molecular complexity index is 688. The first-order valence-corrected chi connectivity index (χ1v) is 5.78. The van der Waals surface area contributed by atoms with Gasteiger partial charge in [0.25, 0.3) is 0 Å². The van der Waals surface area contributed by atoms with Crippen molar-refractivity contribution in [3.8, 4) is 0 Å². The second-order valence-electron chi connectivity index (χ2n) is 3.99. The quantitative estimate of drug-likeness (QED) is 0.551. The third-order valence-electron chi connectivity index (χ3n) is 2.71. The van der Waals surface area contributed by atoms with E-state index in [1.165, 1.54) is 10.8 Å². The highest BCUT2D eigenvalue weighted by atomic mass is 15.1. The van der Waals surface area contributed by atoms with Gasteiger partial charge in [-0.25, -0.2) is 0 Å². The zero-order chi connectivity index (χ0) is 12.2. The monoisotopic (exact) mass is 231 g/mol. The van der Waals surface area contributed by atoms with Crippen molar-refractivity contribution in [1.29, 1.82) is 0 Å². The highest BCUT2D eigenvalue weighted by Gasteiger charge is 1.94. The lowest BCUT2D eigenvalue weighted by atomic mass is 10.1. The molecule has 0 spiro atoms. The van der Waals surface area contributed by atoms with Crippen molar-refractivity contribution in [1.82, 2.24) is 0 Å². The molecule has 18 heavy (non-hydrogen) atoms. The normalized spacial score (nSPS) is 11.1. The fourth-order valence-electron chi connectivity index (χ4n) is 1.80. The van der Waals surface area contributed by atoms with E-state index in [0.717, 1.165) is 11.4 Å². The van der Waals surface area contributed by atoms with Crippen LogP contribution in [0.15, 0.2) is 77.0 Å². The summed E-state index contributed by atoms with van der Waals surface area (Å²) in [5.41, 5.74) is 1.70. The standard InChI is InChI=1S/C16H11N2/c1-2-8-15(9-3-1)17-18-16-11-10-13-6-4-5-7-14(13)12-16/h2-12H. The molecule has 0 aliphatic carbocycles. The predicted octanol–water partition coefficient (Wildman–Crippen LogP) is 5.06. The Hall–Kier alpha value is -2.48. The average Bonchev–Trinajstić information content (AvgIpc) is 2.46. The molecule has 3 rings (SSSR count). The summed E-state index contributed by atoms with van der Waals surface area (Å²) in [4.78, 5) is 0. The van der Waals surface area contributed by atoms with E-state index in [1.54, 1.807) is 0 Å². The van der Waals surface area contributed by atoms with E-state index in [0.29, 0.717) is 0 Å². The molecule has 0 saturated carbocycles. The molecule has 0 amide bonds. The van der Waals surface area contributed by atoms with Crippen molar-refractivity contribution in [2.75, 3.05) is 0 Å². The van der Waals surface area contributed by atoms with E-state index < -0.39 is 0 Å². The van der Waals surface area contributed by atoms with Gasteiger partial charge >= 0.3 is 0 Å². The SMILES string of the molecule is [c]1ccc(N=Nc2ccc3ccccc3c2)cc1. The molecular formula is C16H11N2. The van der Waals surface area contributed by atoms with Crippen LogP contribution in [0.1, 0.15) is 0 Å². The second kappa shape index (κ2) is 4.80. The summed E-state index contributed by atoms with van der Waals surface area (Å²) in [6.45, 7) is 0. The molecule has 0 saturated heterocycles. The summed E-state index contributed by atoms with van der Waals surface area (Å²) in [6, 6.07) is 24.7. The minimum atomic E-state index is 0.835. The Labute approximate surface area is 106 Å². The van der Waals surface area contributed by atoms with E-state index in [2.05, 4.69) is 34.5 Å². The van der Waals surface area contributed by atoms with E-state index in [1.807, 2.05) is 48.5 Å². The van der Waals surface area contributed by atoms with Crippen LogP contribution in [0.25, 0.3) is 10.8 Å². The second-order valence-corrected chi connectivity index (χ2v) is 3.99. The Balaban J connectivity index is 1.93. The predicted molar refractivity (Wildman–Crippen MR) is 73.4 cm³/mol. The van der Waals surface area contributed by atoms with Gasteiger partial charge in [0.1, 0.15) is 0 Å². The van der Waals surface area contributed by atoms with E-state index in [9.17, 15) is 0 Å². The molecule has 2 heteroatoms. The third kappa shape index (κ3) is 2.28. The molecule has 0 unspecified atom stereocenters. The lowest BCUT2D eigenvalue weighted by Crippen LogP contribution is -1.70. The molecular weight excluding hydrogens is 220 g/mol. The maximum absolute atomic E-state index is 4.24. The summed E-state index contributed by atoms with van der Waals surface area (Å²) in [7, 11) is 0. The first-order valence-electron chi connectivity index (χ1n) is 5.78. The van der Waals surface area contributed by atoms with Gasteiger partial charge < -0.3 is 0 Å². The van der Waals surface area contributed by atoms with Crippen LogP contribution in [0.3, 0.4) is 0 Å². The molecule has 0 aromatic heterocycles. The number of benzene rings is 3. The van der Waals surface area contributed by atoms with Gasteiger partial charge in [0.05, 0.1) is 11.4 Å². The molecule has 2 nitrogen and oxygen atoms in total. The molecule has 85 valence electrons. The van der Waals surface area contributed by atoms with Gasteiger partial charge in [-0.3, -0.25) is 0 Å². The zero-order valence-electron chi connectivity index (χ0n) is 9.75. The van der Waals surface area contributed by atoms with Crippen molar-refractivity contribution in [2.45, 2.75) is 0 Å². The van der Waals surface area contributed by atoms with E-state index >= 15 is 0 Å². The molecule has 0 bridgehead atoms. The van der Waals surface area contributed by atoms with Gasteiger partial charge in [-0.15, -0.1) is 0 Å². The van der Waals surface area contributed by atoms with Gasteiger partial charge in [-0.05, 0) is 41.1 Å². The maximum Gasteiger partial charge on any atom is 0.0863 e. The Morgan fingerprint density at radius 1 is 0.667 bits per heavy atom. The van der Waals surface area contributed by atoms with Crippen molar-refractivity contribution >= 4 is 22.1 Å². The largest absolute Gasteiger partial charge is 0.151 e. The van der Waals surface area contributed by atoms with E-state index in [4.69, 9.17) is 0 Å². The topological polar surface area (TPSA) is 24.7 Å². The fraction of sp³-hybridized carbons (Fsp3) is 0. The van der Waals surface area contributed by atoms with Gasteiger partial charge in [0.2, 0.25) is 0 Å². The molecule has 0 aliphatic heterocycles. The molecule has 3 aromatic carbocycles. The number of nitrogens with zero attached hydrogens (tertiary/aromatic N) is 2. The molecule has 0 heterocycles. The summed E-state index contributed by atoms with van der Waals surface area (Å²) in [6.07, 6.45) is 0. The number of fused-ring (bicyclic) bond motifs is 1. The lowest BCUT2D eigenvalue weighted by Gasteiger charge is -1.98. The van der Waals surface area contributed by atoms with Crippen molar-refractivity contribution in [2.24, 2.45) is 10.2 Å². The van der Waals surface area contributed by atoms with Crippen LogP contribution in [-0.4, -0.2) is 0 Å². The van der Waals surface area contributed by atoms with Crippen LogP contribution in [0.5, 0.6) is 0 Å².